The van der Waals surface area contributed by atoms with Crippen molar-refractivity contribution in [2.75, 3.05) is 13.5 Å². The van der Waals surface area contributed by atoms with Crippen LogP contribution in [0.2, 0.25) is 0 Å². The lowest BCUT2D eigenvalue weighted by Crippen LogP contribution is -2.19. The molecular formula is C85H63BBr2F18O8P. The van der Waals surface area contributed by atoms with Crippen molar-refractivity contribution < 1.29 is 119 Å². The molecule has 1 aliphatic heterocycles. The fourth-order valence-corrected chi connectivity index (χ4v) is 16.2. The molecule has 1 heterocycles. The van der Waals surface area contributed by atoms with Crippen LogP contribution in [0.1, 0.15) is 73.6 Å². The molecule has 13 aromatic carbocycles. The summed E-state index contributed by atoms with van der Waals surface area (Å²) in [5.74, 6) is -0.385. The minimum Gasteiger partial charge on any atom is -0.537 e. The van der Waals surface area contributed by atoms with Crippen molar-refractivity contribution in [3.63, 3.8) is 0 Å². The molecule has 0 amide bonds. The lowest BCUT2D eigenvalue weighted by molar-refractivity contribution is -0.144. The van der Waals surface area contributed by atoms with Crippen LogP contribution < -0.4 is 19.4 Å². The molecule has 14 rings (SSSR count). The molecule has 599 valence electrons. The predicted octanol–water partition coefficient (Wildman–Crippen LogP) is 27.7. The fraction of sp³-hybridized carbons (Fsp3) is 0.176. The van der Waals surface area contributed by atoms with E-state index in [9.17, 15) is 99.5 Å². The zero-order chi connectivity index (χ0) is 84.6. The monoisotopic (exact) mass is 1750 g/mol. The lowest BCUT2D eigenvalue weighted by atomic mass is 9.85. The van der Waals surface area contributed by atoms with E-state index in [0.717, 1.165) is 51.5 Å². The summed E-state index contributed by atoms with van der Waals surface area (Å²) < 4.78 is 256. The molecule has 8 nitrogen and oxygen atoms in total. The van der Waals surface area contributed by atoms with Gasteiger partial charge in [0.05, 0.1) is 49.4 Å². The first-order chi connectivity index (χ1) is 53.8. The van der Waals surface area contributed by atoms with Gasteiger partial charge in [0.25, 0.3) is 0 Å². The molecule has 1 atom stereocenters. The van der Waals surface area contributed by atoms with Gasteiger partial charge in [0.1, 0.15) is 46.6 Å². The van der Waals surface area contributed by atoms with Crippen molar-refractivity contribution in [1.82, 2.24) is 0 Å². The Hall–Kier alpha value is -10.3. The number of rotatable bonds is 8. The van der Waals surface area contributed by atoms with Gasteiger partial charge in [-0.25, -0.2) is 0 Å². The molecule has 115 heavy (non-hydrogen) atoms. The number of phenols is 4. The highest BCUT2D eigenvalue weighted by Gasteiger charge is 2.42. The molecule has 13 aromatic rings. The Kier molecular flexibility index (Phi) is 25.6. The number of aryl methyl sites for hydroxylation is 1. The van der Waals surface area contributed by atoms with E-state index in [-0.39, 0.29) is 83.1 Å². The predicted molar refractivity (Wildman–Crippen MR) is 418 cm³/mol. The average molecular weight is 1760 g/mol. The van der Waals surface area contributed by atoms with E-state index in [4.69, 9.17) is 14.5 Å². The Bertz CT molecular complexity index is 5450. The highest BCUT2D eigenvalue weighted by molar-refractivity contribution is 9.11. The summed E-state index contributed by atoms with van der Waals surface area (Å²) in [4.78, 5) is 0. The number of methoxy groups -OCH3 is 1. The van der Waals surface area contributed by atoms with Gasteiger partial charge >= 0.3 is 44.7 Å². The molecular weight excluding hydrogens is 1690 g/mol. The van der Waals surface area contributed by atoms with Gasteiger partial charge in [-0.1, -0.05) is 156 Å². The second-order valence-electron chi connectivity index (χ2n) is 26.6. The molecule has 0 saturated carbocycles. The smallest absolute Gasteiger partial charge is 0.537 e. The van der Waals surface area contributed by atoms with Crippen LogP contribution in [0.4, 0.5) is 79.0 Å². The van der Waals surface area contributed by atoms with Crippen molar-refractivity contribution in [3.8, 4) is 95.9 Å². The topological polar surface area (TPSA) is 129 Å². The molecule has 5 N–H and O–H groups in total. The summed E-state index contributed by atoms with van der Waals surface area (Å²) in [5.41, 5.74) is -8.04. The van der Waals surface area contributed by atoms with E-state index in [2.05, 4.69) is 88.5 Å². The first-order valence-electron chi connectivity index (χ1n) is 34.3. The van der Waals surface area contributed by atoms with Crippen molar-refractivity contribution in [1.29, 1.82) is 0 Å². The molecule has 1 unspecified atom stereocenters. The molecule has 0 bridgehead atoms. The number of benzene rings is 13. The largest absolute Gasteiger partial charge is 0.569 e. The molecule has 0 aromatic heterocycles. The van der Waals surface area contributed by atoms with E-state index in [1.807, 2.05) is 86.6 Å². The first-order valence-corrected chi connectivity index (χ1v) is 37.4. The van der Waals surface area contributed by atoms with Crippen molar-refractivity contribution in [2.24, 2.45) is 0 Å². The number of alkyl halides is 18. The summed E-state index contributed by atoms with van der Waals surface area (Å²) in [6.07, 6.45) is -30.0. The van der Waals surface area contributed by atoms with Gasteiger partial charge in [0, 0.05) is 44.2 Å². The van der Waals surface area contributed by atoms with Gasteiger partial charge in [0.15, 0.2) is 0 Å². The molecule has 0 fully saturated rings. The Morgan fingerprint density at radius 1 is 0.383 bits per heavy atom. The van der Waals surface area contributed by atoms with Crippen LogP contribution in [0.25, 0.3) is 98.7 Å². The number of aromatic hydroxyl groups is 4. The van der Waals surface area contributed by atoms with Gasteiger partial charge in [-0.2, -0.15) is 79.0 Å². The fourth-order valence-electron chi connectivity index (χ4n) is 13.0. The lowest BCUT2D eigenvalue weighted by Gasteiger charge is -2.28. The maximum absolute atomic E-state index is 13.8. The SMILES string of the molecule is CC.COc1cccc(C)c1-c1cccc2c1P(C(C)(C)C)CO2.O[B]Oc1cc(C(F)(F)F)cc(C(F)(F)F)c1.Oc1c(-c2cc(C(F)(F)F)cc(C(F)(F)F)c2)cc2ccccc2c1-c1c(O)c(-c2cc(C(F)(F)F)cc(C(F)(F)F)c2)cc2ccccc12.Oc1c(Br)cc2ccccc2c1-c1c(O)c(Br)cc2ccccc12. The number of hydrogen-bond acceptors (Lipinski definition) is 8. The third kappa shape index (κ3) is 19.0. The van der Waals surface area contributed by atoms with Gasteiger partial charge in [-0.05, 0) is 208 Å². The quantitative estimate of drug-likeness (QED) is 0.0578. The van der Waals surface area contributed by atoms with Crippen LogP contribution in [-0.2, 0) is 37.1 Å². The van der Waals surface area contributed by atoms with Crippen LogP contribution in [0, 0.1) is 6.92 Å². The molecule has 0 aliphatic carbocycles. The number of phenolic OH excluding ortho intramolecular Hbond substituents is 4. The van der Waals surface area contributed by atoms with Gasteiger partial charge in [-0.15, -0.1) is 0 Å². The van der Waals surface area contributed by atoms with Crippen LogP contribution >= 0.6 is 39.8 Å². The third-order valence-corrected chi connectivity index (χ3v) is 22.4. The van der Waals surface area contributed by atoms with Crippen LogP contribution in [0.3, 0.4) is 0 Å². The van der Waals surface area contributed by atoms with E-state index in [1.165, 1.54) is 70.5 Å². The van der Waals surface area contributed by atoms with Crippen LogP contribution in [-0.4, -0.2) is 51.7 Å². The standard InChI is InChI=1S/C36H18F12O2.C20H12Br2O2.C19H23O2P.C8H4BF6O2.C2H6/c37-33(38,39)21-9-19(10-22(15-21)34(40,41)42)27-13-17-5-1-3-7-25(17)29(31(27)49)30-26-8-4-2-6-18(26)14-28(32(30)50)20-11-23(35(43,44)45)16-24(12-20)36(46,47)48;21-15-9-11-5-1-3-7-13(11)17(19(15)23)18-14-8-4-2-6-12(14)10-16(22)20(18)24;1-13-8-6-10-15(20-5)17(13)14-9-7-11-16-18(14)22(12-21-16)19(2,3)4;10-7(11,12)4-1-5(8(13,14)15)3-6(2-4)17-9-16;1-2/h1-16,49-50H;1-10,23-24H;6-11H,12H2,1-5H3;1-3,16H;1-2H3. The summed E-state index contributed by atoms with van der Waals surface area (Å²) in [6, 6.07) is 47.7. The normalized spacial score (nSPS) is 13.1. The zero-order valence-electron chi connectivity index (χ0n) is 61.0. The summed E-state index contributed by atoms with van der Waals surface area (Å²) in [6.45, 7) is 13.1. The molecule has 1 radical (unpaired) electrons. The summed E-state index contributed by atoms with van der Waals surface area (Å²) in [5, 5.41) is 59.1. The van der Waals surface area contributed by atoms with Crippen molar-refractivity contribution in [3.05, 3.63) is 260 Å². The van der Waals surface area contributed by atoms with E-state index < -0.39 is 110 Å². The summed E-state index contributed by atoms with van der Waals surface area (Å²) >= 11 is 6.86. The molecule has 0 saturated heterocycles. The maximum atomic E-state index is 13.8. The molecule has 0 spiro atoms. The van der Waals surface area contributed by atoms with E-state index >= 15 is 0 Å². The minimum atomic E-state index is -5.24. The van der Waals surface area contributed by atoms with Crippen molar-refractivity contribution >= 4 is 95.9 Å². The second kappa shape index (κ2) is 33.8. The Balaban J connectivity index is 0.000000178. The van der Waals surface area contributed by atoms with Gasteiger partial charge in [0.2, 0.25) is 0 Å². The molecule has 1 aliphatic rings. The van der Waals surface area contributed by atoms with E-state index in [0.29, 0.717) is 56.5 Å². The van der Waals surface area contributed by atoms with Crippen LogP contribution in [0.5, 0.6) is 40.2 Å². The Morgan fingerprint density at radius 2 is 0.704 bits per heavy atom. The highest BCUT2D eigenvalue weighted by Crippen LogP contribution is 2.58. The first kappa shape index (κ1) is 87.0. The van der Waals surface area contributed by atoms with Crippen molar-refractivity contribution in [2.45, 2.75) is 83.8 Å². The Morgan fingerprint density at radius 3 is 1.03 bits per heavy atom. The second-order valence-corrected chi connectivity index (χ2v) is 31.2. The zero-order valence-corrected chi connectivity index (χ0v) is 65.0. The Labute approximate surface area is 664 Å². The number of fused-ring (bicyclic) bond motifs is 5. The maximum Gasteiger partial charge on any atom is 0.569 e. The average Bonchev–Trinajstić information content (AvgIpc) is 1.14. The third-order valence-electron chi connectivity index (χ3n) is 18.2. The highest BCUT2D eigenvalue weighted by atomic mass is 79.9. The molecule has 30 heteroatoms. The number of hydrogen-bond donors (Lipinski definition) is 5. The minimum absolute atomic E-state index is 0.00432. The number of halogens is 20. The van der Waals surface area contributed by atoms with Crippen LogP contribution in [0.15, 0.2) is 221 Å². The van der Waals surface area contributed by atoms with Gasteiger partial charge in [-0.3, -0.25) is 0 Å². The van der Waals surface area contributed by atoms with E-state index in [1.54, 1.807) is 7.11 Å². The summed E-state index contributed by atoms with van der Waals surface area (Å²) in [7, 11) is 1.38. The van der Waals surface area contributed by atoms with Gasteiger partial charge < -0.3 is 39.6 Å². The number of ether oxygens (including phenoxy) is 2.